The number of nitro benzene ring substituents is 1. The zero-order chi connectivity index (χ0) is 28.5. The molecule has 0 saturated carbocycles. The quantitative estimate of drug-likeness (QED) is 0.202. The van der Waals surface area contributed by atoms with E-state index >= 15 is 0 Å². The van der Waals surface area contributed by atoms with Gasteiger partial charge in [0.05, 0.1) is 29.6 Å². The summed E-state index contributed by atoms with van der Waals surface area (Å²) in [7, 11) is 1.46. The standard InChI is InChI=1S/C30H24N2O8/c1-14-11-24(34)27-22(28(14)35)13-21-18(25(27)19-8-7-17(40-2)12-23(19)33)9-10-20-26(21)30(37)31(29(20)36)15-3-5-16(6-4-15)32(38)39/h3-9,11-12,20-21,25-26,33H,10,13H2,1-2H3. The third kappa shape index (κ3) is 3.63. The van der Waals surface area contributed by atoms with Crippen LogP contribution in [0, 0.1) is 27.9 Å². The molecule has 10 heteroatoms. The van der Waals surface area contributed by atoms with Crippen LogP contribution in [0.3, 0.4) is 0 Å². The van der Waals surface area contributed by atoms with Crippen molar-refractivity contribution in [2.75, 3.05) is 12.0 Å². The molecule has 6 rings (SSSR count). The van der Waals surface area contributed by atoms with E-state index in [0.29, 0.717) is 28.0 Å². The minimum atomic E-state index is -0.797. The Morgan fingerprint density at radius 1 is 1.02 bits per heavy atom. The number of non-ortho nitro benzene ring substituents is 1. The Balaban J connectivity index is 1.46. The lowest BCUT2D eigenvalue weighted by Crippen LogP contribution is -2.39. The number of nitro groups is 1. The van der Waals surface area contributed by atoms with Gasteiger partial charge in [-0.3, -0.25) is 34.2 Å². The highest BCUT2D eigenvalue weighted by atomic mass is 16.6. The molecule has 1 fully saturated rings. The first-order chi connectivity index (χ1) is 19.1. The number of amides is 2. The summed E-state index contributed by atoms with van der Waals surface area (Å²) >= 11 is 0. The van der Waals surface area contributed by atoms with Gasteiger partial charge in [-0.05, 0) is 50.0 Å². The number of phenols is 1. The highest BCUT2D eigenvalue weighted by Crippen LogP contribution is 2.56. The number of anilines is 1. The number of ether oxygens (including phenoxy) is 1. The van der Waals surface area contributed by atoms with Gasteiger partial charge in [0.25, 0.3) is 5.69 Å². The number of carbonyl (C=O) groups is 4. The molecule has 1 N–H and O–H groups in total. The maximum absolute atomic E-state index is 13.9. The van der Waals surface area contributed by atoms with E-state index in [9.17, 15) is 34.4 Å². The van der Waals surface area contributed by atoms with Crippen molar-refractivity contribution >= 4 is 34.8 Å². The van der Waals surface area contributed by atoms with Crippen molar-refractivity contribution in [1.82, 2.24) is 0 Å². The number of hydrogen-bond donors (Lipinski definition) is 1. The van der Waals surface area contributed by atoms with Crippen LogP contribution in [0.4, 0.5) is 11.4 Å². The van der Waals surface area contributed by atoms with E-state index in [0.717, 1.165) is 4.90 Å². The number of nitrogens with zero attached hydrogens (tertiary/aromatic N) is 2. The molecule has 0 spiro atoms. The van der Waals surface area contributed by atoms with Crippen molar-refractivity contribution in [1.29, 1.82) is 0 Å². The second-order valence-electron chi connectivity index (χ2n) is 10.4. The van der Waals surface area contributed by atoms with Crippen molar-refractivity contribution in [2.24, 2.45) is 17.8 Å². The van der Waals surface area contributed by atoms with Gasteiger partial charge in [0, 0.05) is 46.4 Å². The van der Waals surface area contributed by atoms with Gasteiger partial charge < -0.3 is 9.84 Å². The number of allylic oxidation sites excluding steroid dienone is 6. The average Bonchev–Trinajstić information content (AvgIpc) is 3.20. The number of methoxy groups -OCH3 is 1. The van der Waals surface area contributed by atoms with Crippen LogP contribution in [0.1, 0.15) is 31.2 Å². The fourth-order valence-corrected chi connectivity index (χ4v) is 6.61. The molecule has 0 aromatic heterocycles. The number of Topliss-reactive ketones (excluding diaryl/α,β-unsaturated/α-hetero) is 1. The van der Waals surface area contributed by atoms with E-state index in [1.165, 1.54) is 43.5 Å². The fraction of sp³-hybridized carbons (Fsp3) is 0.267. The number of aromatic hydroxyl groups is 1. The number of rotatable bonds is 4. The second-order valence-corrected chi connectivity index (χ2v) is 10.4. The predicted molar refractivity (Wildman–Crippen MR) is 142 cm³/mol. The molecule has 3 aliphatic carbocycles. The van der Waals surface area contributed by atoms with E-state index in [-0.39, 0.29) is 47.1 Å². The van der Waals surface area contributed by atoms with Crippen LogP contribution in [-0.2, 0) is 19.2 Å². The average molecular weight is 541 g/mol. The SMILES string of the molecule is COc1ccc(C2C3=CCC4C(=O)N(c5ccc([N+](=O)[O-])cc5)C(=O)C4C3CC3=C2C(=O)C=C(C)C3=O)c(O)c1. The molecular formula is C30H24N2O8. The van der Waals surface area contributed by atoms with Crippen LogP contribution in [0.2, 0.25) is 0 Å². The lowest BCUT2D eigenvalue weighted by Gasteiger charge is -2.42. The van der Waals surface area contributed by atoms with Gasteiger partial charge in [-0.2, -0.15) is 0 Å². The Bertz CT molecular complexity index is 1630. The number of fused-ring (bicyclic) bond motifs is 3. The molecule has 0 bridgehead atoms. The summed E-state index contributed by atoms with van der Waals surface area (Å²) in [5.41, 5.74) is 2.05. The number of benzene rings is 2. The van der Waals surface area contributed by atoms with E-state index in [2.05, 4.69) is 0 Å². The third-order valence-electron chi connectivity index (χ3n) is 8.43. The molecule has 40 heavy (non-hydrogen) atoms. The lowest BCUT2D eigenvalue weighted by atomic mass is 9.59. The van der Waals surface area contributed by atoms with Crippen LogP contribution in [-0.4, -0.2) is 40.5 Å². The number of hydrogen-bond acceptors (Lipinski definition) is 8. The molecule has 1 aliphatic heterocycles. The zero-order valence-electron chi connectivity index (χ0n) is 21.6. The first-order valence-electron chi connectivity index (χ1n) is 12.8. The van der Waals surface area contributed by atoms with Gasteiger partial charge in [0.1, 0.15) is 11.5 Å². The van der Waals surface area contributed by atoms with Crippen LogP contribution in [0.5, 0.6) is 11.5 Å². The Hall–Kier alpha value is -4.86. The van der Waals surface area contributed by atoms with E-state index in [4.69, 9.17) is 4.74 Å². The molecule has 4 unspecified atom stereocenters. The minimum Gasteiger partial charge on any atom is -0.507 e. The molecular weight excluding hydrogens is 516 g/mol. The molecule has 10 nitrogen and oxygen atoms in total. The summed E-state index contributed by atoms with van der Waals surface area (Å²) in [5, 5.41) is 22.1. The number of carbonyl (C=O) groups excluding carboxylic acids is 4. The van der Waals surface area contributed by atoms with Gasteiger partial charge >= 0.3 is 0 Å². The molecule has 0 radical (unpaired) electrons. The summed E-state index contributed by atoms with van der Waals surface area (Å²) in [6.45, 7) is 1.57. The van der Waals surface area contributed by atoms with Gasteiger partial charge in [-0.1, -0.05) is 17.7 Å². The van der Waals surface area contributed by atoms with Crippen LogP contribution < -0.4 is 9.64 Å². The van der Waals surface area contributed by atoms with Crippen molar-refractivity contribution in [3.63, 3.8) is 0 Å². The van der Waals surface area contributed by atoms with Crippen molar-refractivity contribution in [3.8, 4) is 11.5 Å². The summed E-state index contributed by atoms with van der Waals surface area (Å²) in [6, 6.07) is 9.95. The van der Waals surface area contributed by atoms with E-state index < -0.39 is 40.4 Å². The predicted octanol–water partition coefficient (Wildman–Crippen LogP) is 3.94. The highest BCUT2D eigenvalue weighted by molar-refractivity contribution is 6.25. The van der Waals surface area contributed by atoms with Gasteiger partial charge in [-0.15, -0.1) is 0 Å². The number of phenolic OH excluding ortho intramolecular Hbond substituents is 1. The number of ketones is 2. The summed E-state index contributed by atoms with van der Waals surface area (Å²) in [5.74, 6) is -4.02. The Kier molecular flexibility index (Phi) is 5.79. The molecule has 2 aromatic rings. The topological polar surface area (TPSA) is 144 Å². The van der Waals surface area contributed by atoms with Crippen molar-refractivity contribution in [2.45, 2.75) is 25.7 Å². The van der Waals surface area contributed by atoms with Crippen molar-refractivity contribution < 1.29 is 33.9 Å². The summed E-state index contributed by atoms with van der Waals surface area (Å²) in [6.07, 6.45) is 3.51. The zero-order valence-corrected chi connectivity index (χ0v) is 21.6. The monoisotopic (exact) mass is 540 g/mol. The highest BCUT2D eigenvalue weighted by Gasteiger charge is 2.56. The first-order valence-corrected chi connectivity index (χ1v) is 12.8. The molecule has 2 amide bonds. The van der Waals surface area contributed by atoms with Crippen molar-refractivity contribution in [3.05, 3.63) is 92.6 Å². The minimum absolute atomic E-state index is 0.110. The first kappa shape index (κ1) is 25.4. The number of imide groups is 1. The molecule has 202 valence electrons. The maximum atomic E-state index is 13.9. The molecule has 1 saturated heterocycles. The molecule has 4 atom stereocenters. The largest absolute Gasteiger partial charge is 0.507 e. The smallest absolute Gasteiger partial charge is 0.269 e. The van der Waals surface area contributed by atoms with Gasteiger partial charge in [-0.25, -0.2) is 0 Å². The van der Waals surface area contributed by atoms with Crippen LogP contribution in [0.15, 0.2) is 76.9 Å². The Morgan fingerprint density at radius 2 is 1.75 bits per heavy atom. The van der Waals surface area contributed by atoms with Crippen LogP contribution in [0.25, 0.3) is 0 Å². The van der Waals surface area contributed by atoms with E-state index in [1.54, 1.807) is 19.1 Å². The molecule has 2 aromatic carbocycles. The molecule has 1 heterocycles. The van der Waals surface area contributed by atoms with E-state index in [1.807, 2.05) is 6.08 Å². The normalized spacial score (nSPS) is 25.7. The van der Waals surface area contributed by atoms with Gasteiger partial charge in [0.2, 0.25) is 11.8 Å². The van der Waals surface area contributed by atoms with Gasteiger partial charge in [0.15, 0.2) is 11.6 Å². The third-order valence-corrected chi connectivity index (χ3v) is 8.43. The lowest BCUT2D eigenvalue weighted by molar-refractivity contribution is -0.384. The second kappa shape index (κ2) is 9.11. The fourth-order valence-electron chi connectivity index (χ4n) is 6.61. The summed E-state index contributed by atoms with van der Waals surface area (Å²) in [4.78, 5) is 65.7. The summed E-state index contributed by atoms with van der Waals surface area (Å²) < 4.78 is 5.22. The maximum Gasteiger partial charge on any atom is 0.269 e. The van der Waals surface area contributed by atoms with Crippen LogP contribution >= 0.6 is 0 Å². The Morgan fingerprint density at radius 3 is 2.40 bits per heavy atom. The Labute approximate surface area is 228 Å². The molecule has 4 aliphatic rings.